The molecule has 8 aromatic carbocycles. The van der Waals surface area contributed by atoms with Gasteiger partial charge in [0.2, 0.25) is 5.91 Å². The van der Waals surface area contributed by atoms with Gasteiger partial charge in [0, 0.05) is 30.8 Å². The van der Waals surface area contributed by atoms with Gasteiger partial charge in [-0.1, -0.05) is 97.1 Å². The summed E-state index contributed by atoms with van der Waals surface area (Å²) in [6.07, 6.45) is 7.34. The number of halogens is 1. The van der Waals surface area contributed by atoms with Gasteiger partial charge in [0.1, 0.15) is 0 Å². The number of aliphatic carboxylic acids is 2. The first kappa shape index (κ1) is 60.6. The molecule has 0 bridgehead atoms. The normalized spacial score (nSPS) is 12.8. The van der Waals surface area contributed by atoms with Crippen LogP contribution in [0.2, 0.25) is 0 Å². The number of carbonyl (C=O) groups is 4. The van der Waals surface area contributed by atoms with E-state index in [-0.39, 0.29) is 41.9 Å². The van der Waals surface area contributed by atoms with Crippen molar-refractivity contribution in [1.29, 1.82) is 0 Å². The third-order valence-electron chi connectivity index (χ3n) is 14.3. The minimum Gasteiger partial charge on any atom is -0.481 e. The Labute approximate surface area is 507 Å². The Morgan fingerprint density at radius 1 is 0.500 bits per heavy atom. The highest BCUT2D eigenvalue weighted by Gasteiger charge is 2.51. The van der Waals surface area contributed by atoms with Gasteiger partial charge in [0.05, 0.1) is 88.6 Å². The molecular formula is C65H60BIN10O9. The predicted octanol–water partition coefficient (Wildman–Crippen LogP) is 11.9. The van der Waals surface area contributed by atoms with Crippen LogP contribution in [0.3, 0.4) is 0 Å². The van der Waals surface area contributed by atoms with Crippen LogP contribution in [0.4, 0.5) is 11.4 Å². The van der Waals surface area contributed by atoms with Gasteiger partial charge in [-0.15, -0.1) is 0 Å². The molecule has 1 saturated heterocycles. The molecule has 13 rings (SSSR count). The molecule has 0 spiro atoms. The van der Waals surface area contributed by atoms with Gasteiger partial charge in [-0.05, 0) is 167 Å². The number of benzene rings is 8. The fourth-order valence-electron chi connectivity index (χ4n) is 9.18. The van der Waals surface area contributed by atoms with Crippen LogP contribution in [0, 0.1) is 3.57 Å². The Bertz CT molecular complexity index is 4280. The molecule has 0 saturated carbocycles. The highest BCUT2D eigenvalue weighted by molar-refractivity contribution is 14.1. The zero-order valence-corrected chi connectivity index (χ0v) is 49.4. The first-order chi connectivity index (χ1) is 41.2. The highest BCUT2D eigenvalue weighted by Crippen LogP contribution is 2.36. The number of nitrogen functional groups attached to an aromatic ring is 1. The zero-order valence-electron chi connectivity index (χ0n) is 47.2. The second-order valence-corrected chi connectivity index (χ2v) is 22.4. The van der Waals surface area contributed by atoms with Crippen LogP contribution in [-0.2, 0) is 43.0 Å². The Kier molecular flexibility index (Phi) is 19.2. The van der Waals surface area contributed by atoms with Crippen molar-refractivity contribution in [2.24, 2.45) is 0 Å². The molecule has 1 aliphatic heterocycles. The van der Waals surface area contributed by atoms with Gasteiger partial charge in [0.25, 0.3) is 0 Å². The van der Waals surface area contributed by atoms with Gasteiger partial charge in [-0.25, -0.2) is 4.79 Å². The monoisotopic (exact) mass is 1260 g/mol. The molecule has 0 radical (unpaired) electrons. The molecule has 1 amide bonds. The number of H-pyrrole nitrogens is 4. The third kappa shape index (κ3) is 15.8. The van der Waals surface area contributed by atoms with Gasteiger partial charge < -0.3 is 35.7 Å². The number of aromatic nitrogens is 8. The van der Waals surface area contributed by atoms with E-state index in [1.165, 1.54) is 15.0 Å². The number of anilines is 2. The van der Waals surface area contributed by atoms with E-state index < -0.39 is 25.0 Å². The SMILES string of the molecule is CC1(C)OB(c2cccc(CC(=O)O)c2)OC1(C)C.Ic1ccc2[nH]ncc2c1.Nc1ccc2[nH]ncc2c1.O=C(Cc1cccc(-c2ccc3[nH]ncc3c2)c1)Nc1ccccc1C(=O)O.O=C(O)Cc1cccc(-c2ccc3[nH]ncc3c2)c1. The van der Waals surface area contributed by atoms with E-state index in [0.717, 1.165) is 88.3 Å². The largest absolute Gasteiger partial charge is 0.494 e. The first-order valence-electron chi connectivity index (χ1n) is 27.1. The van der Waals surface area contributed by atoms with Gasteiger partial charge in [-0.3, -0.25) is 34.8 Å². The number of carboxylic acids is 3. The Hall–Kier alpha value is -9.97. The molecular weight excluding hydrogens is 1200 g/mol. The fraction of sp³-hybridized carbons (Fsp3) is 0.138. The maximum absolute atomic E-state index is 12.4. The number of para-hydroxylation sites is 1. The molecule has 12 aromatic rings. The number of aromatic carboxylic acids is 1. The summed E-state index contributed by atoms with van der Waals surface area (Å²) >= 11 is 2.28. The summed E-state index contributed by atoms with van der Waals surface area (Å²) in [7, 11) is -0.446. The van der Waals surface area contributed by atoms with Crippen LogP contribution < -0.4 is 16.5 Å². The number of carboxylic acid groups (broad SMARTS) is 3. The maximum atomic E-state index is 12.4. The lowest BCUT2D eigenvalue weighted by molar-refractivity contribution is -0.137. The molecule has 86 heavy (non-hydrogen) atoms. The molecule has 10 N–H and O–H groups in total. The average Bonchev–Trinajstić information content (AvgIpc) is 2.16. The summed E-state index contributed by atoms with van der Waals surface area (Å²) in [5, 5.41) is 61.2. The lowest BCUT2D eigenvalue weighted by Gasteiger charge is -2.32. The number of hydrogen-bond donors (Lipinski definition) is 9. The Morgan fingerprint density at radius 2 is 0.930 bits per heavy atom. The molecule has 1 aliphatic rings. The van der Waals surface area contributed by atoms with Crippen molar-refractivity contribution < 1.29 is 43.8 Å². The summed E-state index contributed by atoms with van der Waals surface area (Å²) < 4.78 is 13.1. The van der Waals surface area contributed by atoms with Gasteiger partial charge in [-0.2, -0.15) is 20.4 Å². The van der Waals surface area contributed by atoms with Gasteiger partial charge >= 0.3 is 25.0 Å². The van der Waals surface area contributed by atoms with Crippen molar-refractivity contribution >= 4 is 114 Å². The molecule has 0 aliphatic carbocycles. The summed E-state index contributed by atoms with van der Waals surface area (Å²) in [5.41, 5.74) is 17.3. The van der Waals surface area contributed by atoms with Crippen molar-refractivity contribution in [3.05, 3.63) is 220 Å². The standard InChI is InChI=1S/C22H17N3O3.C15H12N2O2.C14H19BO4.C7H5IN2.C7H7N3/c26-21(24-20-7-2-1-6-18(20)22(27)28)11-14-4-3-5-15(10-14)16-8-9-19-17(12-16)13-23-25-19;18-15(19)7-10-2-1-3-11(6-10)12-4-5-14-13(8-12)9-16-17-14;1-13(2)14(3,4)19-15(18-13)11-7-5-6-10(8-11)9-12(16)17;2*8-6-1-2-7-5(3-6)4-9-10-7/h1-10,12-13H,11H2,(H,23,25)(H,24,26)(H,27,28);1-6,8-9H,7H2,(H,16,17)(H,18,19);5-8H,9H2,1-4H3,(H,16,17);1-4H,(H,9,10);1-4H,8H2,(H,9,10). The molecule has 19 nitrogen and oxygen atoms in total. The summed E-state index contributed by atoms with van der Waals surface area (Å²) in [4.78, 5) is 45.2. The van der Waals surface area contributed by atoms with Crippen LogP contribution >= 0.6 is 22.6 Å². The van der Waals surface area contributed by atoms with Crippen LogP contribution in [0.1, 0.15) is 54.7 Å². The Morgan fingerprint density at radius 3 is 1.44 bits per heavy atom. The van der Waals surface area contributed by atoms with E-state index in [4.69, 9.17) is 25.3 Å². The smallest absolute Gasteiger partial charge is 0.481 e. The van der Waals surface area contributed by atoms with Crippen LogP contribution in [-0.4, -0.2) is 98.2 Å². The van der Waals surface area contributed by atoms with E-state index in [2.05, 4.69) is 80.8 Å². The highest BCUT2D eigenvalue weighted by atomic mass is 127. The third-order valence-corrected chi connectivity index (χ3v) is 14.9. The van der Waals surface area contributed by atoms with Crippen LogP contribution in [0.15, 0.2) is 195 Å². The molecule has 0 atom stereocenters. The molecule has 21 heteroatoms. The number of nitrogens with one attached hydrogen (secondary N) is 5. The number of hydrogen-bond acceptors (Lipinski definition) is 11. The number of rotatable bonds is 11. The zero-order chi connectivity index (χ0) is 61.0. The van der Waals surface area contributed by atoms with Crippen molar-refractivity contribution in [3.63, 3.8) is 0 Å². The van der Waals surface area contributed by atoms with E-state index in [1.807, 2.05) is 161 Å². The number of amides is 1. The van der Waals surface area contributed by atoms with E-state index in [9.17, 15) is 24.3 Å². The molecule has 434 valence electrons. The van der Waals surface area contributed by atoms with Crippen LogP contribution in [0.25, 0.3) is 65.9 Å². The number of aromatic amines is 4. The van der Waals surface area contributed by atoms with E-state index in [1.54, 1.807) is 42.9 Å². The molecule has 5 heterocycles. The fourth-order valence-corrected chi connectivity index (χ4v) is 9.69. The minimum atomic E-state index is -1.08. The van der Waals surface area contributed by atoms with Crippen molar-refractivity contribution in [2.75, 3.05) is 11.1 Å². The molecule has 0 unspecified atom stereocenters. The van der Waals surface area contributed by atoms with Crippen LogP contribution in [0.5, 0.6) is 0 Å². The van der Waals surface area contributed by atoms with E-state index in [0.29, 0.717) is 5.69 Å². The summed E-state index contributed by atoms with van der Waals surface area (Å²) in [5.74, 6) is -3.00. The van der Waals surface area contributed by atoms with Crippen molar-refractivity contribution in [1.82, 2.24) is 40.8 Å². The topological polar surface area (TPSA) is 300 Å². The van der Waals surface area contributed by atoms with Gasteiger partial charge in [0.15, 0.2) is 0 Å². The summed E-state index contributed by atoms with van der Waals surface area (Å²) in [6, 6.07) is 52.9. The number of nitrogens with zero attached hydrogens (tertiary/aromatic N) is 4. The minimum absolute atomic E-state index is 0.00729. The van der Waals surface area contributed by atoms with Crippen molar-refractivity contribution in [3.8, 4) is 22.3 Å². The van der Waals surface area contributed by atoms with E-state index >= 15 is 0 Å². The maximum Gasteiger partial charge on any atom is 0.494 e. The quantitative estimate of drug-likeness (QED) is 0.0331. The number of fused-ring (bicyclic) bond motifs is 4. The Balaban J connectivity index is 0.000000135. The number of carbonyl (C=O) groups excluding carboxylic acids is 1. The average molecular weight is 1260 g/mol. The number of nitrogens with two attached hydrogens (primary N) is 1. The molecule has 1 fully saturated rings. The predicted molar refractivity (Wildman–Crippen MR) is 343 cm³/mol. The first-order valence-corrected chi connectivity index (χ1v) is 28.2. The molecule has 4 aromatic heterocycles. The van der Waals surface area contributed by atoms with Crippen molar-refractivity contribution in [2.45, 2.75) is 58.2 Å². The lowest BCUT2D eigenvalue weighted by Crippen LogP contribution is -2.41. The lowest BCUT2D eigenvalue weighted by atomic mass is 9.78. The second kappa shape index (κ2) is 27.2. The summed E-state index contributed by atoms with van der Waals surface area (Å²) in [6.45, 7) is 7.98. The second-order valence-electron chi connectivity index (χ2n) is 21.1.